The molecule has 5 rings (SSSR count). The van der Waals surface area contributed by atoms with E-state index >= 15 is 0 Å². The summed E-state index contributed by atoms with van der Waals surface area (Å²) in [6.45, 7) is 0.223. The highest BCUT2D eigenvalue weighted by molar-refractivity contribution is 7.90. The zero-order chi connectivity index (χ0) is 23.2. The maximum atomic E-state index is 12.6. The third-order valence-corrected chi connectivity index (χ3v) is 6.88. The number of halogens is 1. The van der Waals surface area contributed by atoms with E-state index < -0.39 is 21.7 Å². The molecular weight excluding hydrogens is 472 g/mol. The maximum absolute atomic E-state index is 12.6. The van der Waals surface area contributed by atoms with Crippen molar-refractivity contribution in [2.75, 3.05) is 12.1 Å². The molecule has 33 heavy (non-hydrogen) atoms. The molecular formula is C21H17ClN4O6S. The molecule has 0 atom stereocenters. The molecule has 0 unspecified atom stereocenters. The average molecular weight is 489 g/mol. The van der Waals surface area contributed by atoms with E-state index in [4.69, 9.17) is 21.1 Å². The number of nitrogens with zero attached hydrogens (tertiary/aromatic N) is 2. The van der Waals surface area contributed by atoms with Crippen LogP contribution in [0.2, 0.25) is 5.02 Å². The summed E-state index contributed by atoms with van der Waals surface area (Å²) in [5, 5.41) is 9.92. The quantitative estimate of drug-likeness (QED) is 0.537. The minimum atomic E-state index is -3.37. The summed E-state index contributed by atoms with van der Waals surface area (Å²) in [7, 11) is -3.37. The van der Waals surface area contributed by atoms with Gasteiger partial charge in [-0.3, -0.25) is 9.59 Å². The van der Waals surface area contributed by atoms with E-state index in [2.05, 4.69) is 15.7 Å². The Labute approximate surface area is 193 Å². The van der Waals surface area contributed by atoms with Gasteiger partial charge in [-0.05, 0) is 42.0 Å². The van der Waals surface area contributed by atoms with Gasteiger partial charge in [0.2, 0.25) is 6.79 Å². The predicted octanol–water partition coefficient (Wildman–Crippen LogP) is 1.94. The van der Waals surface area contributed by atoms with E-state index in [0.717, 1.165) is 5.56 Å². The lowest BCUT2D eigenvalue weighted by molar-refractivity contribution is -0.136. The molecule has 170 valence electrons. The predicted molar refractivity (Wildman–Crippen MR) is 118 cm³/mol. The molecule has 0 bridgehead atoms. The van der Waals surface area contributed by atoms with Crippen LogP contribution in [0.1, 0.15) is 16.8 Å². The van der Waals surface area contributed by atoms with Gasteiger partial charge in [-0.15, -0.1) is 0 Å². The normalized spacial score (nSPS) is 15.2. The largest absolute Gasteiger partial charge is 0.454 e. The summed E-state index contributed by atoms with van der Waals surface area (Å²) in [6.07, 6.45) is 0. The standard InChI is InChI=1S/C21H17ClN4O6S/c22-13-2-4-14(5-3-13)26-19(15-9-33(29,30)10-16(15)25-26)24-21(28)20(27)23-8-12-1-6-17-18(7-12)32-11-31-17/h1-7H,8-11H2,(H,23,27)(H,24,28). The molecule has 0 saturated carbocycles. The van der Waals surface area contributed by atoms with Crippen molar-refractivity contribution in [3.8, 4) is 17.2 Å². The van der Waals surface area contributed by atoms with Crippen LogP contribution in [0.3, 0.4) is 0 Å². The number of hydrogen-bond donors (Lipinski definition) is 2. The van der Waals surface area contributed by atoms with Crippen molar-refractivity contribution in [2.24, 2.45) is 0 Å². The number of rotatable bonds is 4. The van der Waals surface area contributed by atoms with Gasteiger partial charge in [0.15, 0.2) is 21.3 Å². The van der Waals surface area contributed by atoms with Crippen LogP contribution < -0.4 is 20.1 Å². The summed E-state index contributed by atoms with van der Waals surface area (Å²) in [5.74, 6) is -1.02. The molecule has 2 aliphatic heterocycles. The number of carbonyl (C=O) groups is 2. The summed E-state index contributed by atoms with van der Waals surface area (Å²) < 4.78 is 36.1. The molecule has 12 heteroatoms. The van der Waals surface area contributed by atoms with Gasteiger partial charge in [-0.1, -0.05) is 17.7 Å². The van der Waals surface area contributed by atoms with Crippen molar-refractivity contribution in [1.29, 1.82) is 0 Å². The maximum Gasteiger partial charge on any atom is 0.314 e. The van der Waals surface area contributed by atoms with E-state index in [1.54, 1.807) is 42.5 Å². The number of sulfone groups is 1. The number of benzene rings is 2. The molecule has 2 aromatic carbocycles. The summed E-state index contributed by atoms with van der Waals surface area (Å²) in [5.41, 5.74) is 1.98. The highest BCUT2D eigenvalue weighted by Crippen LogP contribution is 2.34. The highest BCUT2D eigenvalue weighted by Gasteiger charge is 2.34. The van der Waals surface area contributed by atoms with Crippen LogP contribution in [0.4, 0.5) is 5.82 Å². The van der Waals surface area contributed by atoms with Gasteiger partial charge < -0.3 is 20.1 Å². The second-order valence-corrected chi connectivity index (χ2v) is 10.0. The molecule has 2 amide bonds. The third kappa shape index (κ3) is 4.24. The van der Waals surface area contributed by atoms with Gasteiger partial charge >= 0.3 is 11.8 Å². The number of amides is 2. The van der Waals surface area contributed by atoms with Crippen molar-refractivity contribution >= 4 is 39.1 Å². The lowest BCUT2D eigenvalue weighted by atomic mass is 10.2. The lowest BCUT2D eigenvalue weighted by Crippen LogP contribution is -2.35. The first-order valence-electron chi connectivity index (χ1n) is 9.84. The fraction of sp³-hybridized carbons (Fsp3) is 0.190. The van der Waals surface area contributed by atoms with E-state index in [-0.39, 0.29) is 30.7 Å². The second-order valence-electron chi connectivity index (χ2n) is 7.52. The van der Waals surface area contributed by atoms with Crippen LogP contribution in [0.25, 0.3) is 5.69 Å². The number of ether oxygens (including phenoxy) is 2. The first-order valence-corrected chi connectivity index (χ1v) is 12.0. The molecule has 0 aliphatic carbocycles. The first kappa shape index (κ1) is 21.3. The van der Waals surface area contributed by atoms with Crippen molar-refractivity contribution in [3.63, 3.8) is 0 Å². The summed E-state index contributed by atoms with van der Waals surface area (Å²) in [4.78, 5) is 25.1. The molecule has 2 N–H and O–H groups in total. The van der Waals surface area contributed by atoms with Crippen LogP contribution in [0.15, 0.2) is 42.5 Å². The molecule has 0 radical (unpaired) electrons. The average Bonchev–Trinajstić information content (AvgIpc) is 3.45. The van der Waals surface area contributed by atoms with E-state index in [0.29, 0.717) is 33.5 Å². The SMILES string of the molecule is O=C(NCc1ccc2c(c1)OCO2)C(=O)Nc1c2c(nn1-c1ccc(Cl)cc1)CS(=O)(=O)C2. The minimum absolute atomic E-state index is 0.0891. The Morgan fingerprint density at radius 1 is 1.03 bits per heavy atom. The Morgan fingerprint density at radius 2 is 1.79 bits per heavy atom. The van der Waals surface area contributed by atoms with Gasteiger partial charge in [-0.25, -0.2) is 13.1 Å². The van der Waals surface area contributed by atoms with E-state index in [1.165, 1.54) is 4.68 Å². The Kier molecular flexibility index (Phi) is 5.22. The number of hydrogen-bond acceptors (Lipinski definition) is 7. The Balaban J connectivity index is 1.35. The second kappa shape index (κ2) is 8.09. The number of anilines is 1. The highest BCUT2D eigenvalue weighted by atomic mass is 35.5. The Hall–Kier alpha value is -3.57. The van der Waals surface area contributed by atoms with Gasteiger partial charge in [0.25, 0.3) is 0 Å². The monoisotopic (exact) mass is 488 g/mol. The number of fused-ring (bicyclic) bond motifs is 2. The first-order chi connectivity index (χ1) is 15.8. The van der Waals surface area contributed by atoms with Gasteiger partial charge in [0.05, 0.1) is 22.9 Å². The molecule has 3 heterocycles. The van der Waals surface area contributed by atoms with Crippen LogP contribution in [-0.2, 0) is 37.5 Å². The fourth-order valence-corrected chi connectivity index (χ4v) is 5.24. The van der Waals surface area contributed by atoms with Gasteiger partial charge in [-0.2, -0.15) is 5.10 Å². The molecule has 2 aliphatic rings. The molecule has 0 fully saturated rings. The van der Waals surface area contributed by atoms with E-state index in [9.17, 15) is 18.0 Å². The smallest absolute Gasteiger partial charge is 0.314 e. The molecule has 10 nitrogen and oxygen atoms in total. The van der Waals surface area contributed by atoms with Gasteiger partial charge in [0, 0.05) is 17.1 Å². The van der Waals surface area contributed by atoms with Crippen LogP contribution in [0.5, 0.6) is 11.5 Å². The number of aromatic nitrogens is 2. The molecule has 0 spiro atoms. The molecule has 3 aromatic rings. The zero-order valence-corrected chi connectivity index (χ0v) is 18.6. The van der Waals surface area contributed by atoms with Crippen molar-refractivity contribution in [2.45, 2.75) is 18.1 Å². The topological polar surface area (TPSA) is 129 Å². The fourth-order valence-electron chi connectivity index (χ4n) is 3.62. The Morgan fingerprint density at radius 3 is 2.58 bits per heavy atom. The summed E-state index contributed by atoms with van der Waals surface area (Å²) >= 11 is 5.95. The Bertz CT molecular complexity index is 1380. The third-order valence-electron chi connectivity index (χ3n) is 5.19. The molecule has 0 saturated heterocycles. The summed E-state index contributed by atoms with van der Waals surface area (Å²) in [6, 6.07) is 11.8. The zero-order valence-electron chi connectivity index (χ0n) is 17.0. The van der Waals surface area contributed by atoms with E-state index in [1.807, 2.05) is 0 Å². The van der Waals surface area contributed by atoms with Crippen LogP contribution in [-0.4, -0.2) is 36.8 Å². The van der Waals surface area contributed by atoms with Crippen LogP contribution in [0, 0.1) is 0 Å². The number of carbonyl (C=O) groups excluding carboxylic acids is 2. The minimum Gasteiger partial charge on any atom is -0.454 e. The lowest BCUT2D eigenvalue weighted by Gasteiger charge is -2.11. The van der Waals surface area contributed by atoms with Crippen molar-refractivity contribution < 1.29 is 27.5 Å². The van der Waals surface area contributed by atoms with Crippen LogP contribution >= 0.6 is 11.6 Å². The van der Waals surface area contributed by atoms with Gasteiger partial charge in [0.1, 0.15) is 5.82 Å². The number of nitrogens with one attached hydrogen (secondary N) is 2. The molecule has 1 aromatic heterocycles. The van der Waals surface area contributed by atoms with Crippen molar-refractivity contribution in [1.82, 2.24) is 15.1 Å². The van der Waals surface area contributed by atoms with Crippen molar-refractivity contribution in [3.05, 3.63) is 64.3 Å².